The highest BCUT2D eigenvalue weighted by molar-refractivity contribution is 9.10. The number of methoxy groups -OCH3 is 1. The number of hydrogen-bond acceptors (Lipinski definition) is 7. The van der Waals surface area contributed by atoms with Gasteiger partial charge in [0.2, 0.25) is 5.76 Å². The molecule has 0 aliphatic heterocycles. The number of furan rings is 1. The minimum Gasteiger partial charge on any atom is -0.463 e. The lowest BCUT2D eigenvalue weighted by molar-refractivity contribution is -0.384. The van der Waals surface area contributed by atoms with E-state index in [0.717, 1.165) is 6.20 Å². The number of carbonyl (C=O) groups is 1. The van der Waals surface area contributed by atoms with Crippen molar-refractivity contribution in [2.45, 2.75) is 6.54 Å². The largest absolute Gasteiger partial charge is 0.463 e. The Bertz CT molecular complexity index is 685. The van der Waals surface area contributed by atoms with Crippen LogP contribution in [0.5, 0.6) is 0 Å². The Kier molecular flexibility index (Phi) is 4.53. The van der Waals surface area contributed by atoms with Gasteiger partial charge in [0.25, 0.3) is 0 Å². The summed E-state index contributed by atoms with van der Waals surface area (Å²) in [5.74, 6) is -0.0803. The summed E-state index contributed by atoms with van der Waals surface area (Å²) in [6.07, 6.45) is 2.59. The fourth-order valence-electron chi connectivity index (χ4n) is 1.60. The van der Waals surface area contributed by atoms with Gasteiger partial charge in [0, 0.05) is 6.20 Å². The van der Waals surface area contributed by atoms with Crippen LogP contribution in [0.3, 0.4) is 0 Å². The van der Waals surface area contributed by atoms with Crippen molar-refractivity contribution in [1.29, 1.82) is 0 Å². The van der Waals surface area contributed by atoms with Gasteiger partial charge in [-0.2, -0.15) is 0 Å². The Morgan fingerprint density at radius 3 is 2.95 bits per heavy atom. The van der Waals surface area contributed by atoms with Crippen LogP contribution in [-0.2, 0) is 11.3 Å². The molecule has 0 atom stereocenters. The van der Waals surface area contributed by atoms with E-state index in [4.69, 9.17) is 4.42 Å². The zero-order valence-corrected chi connectivity index (χ0v) is 12.4. The molecule has 0 bridgehead atoms. The Morgan fingerprint density at radius 1 is 1.52 bits per heavy atom. The first-order valence-electron chi connectivity index (χ1n) is 5.71. The Labute approximate surface area is 127 Å². The van der Waals surface area contributed by atoms with Gasteiger partial charge in [0.1, 0.15) is 17.6 Å². The van der Waals surface area contributed by atoms with Crippen molar-refractivity contribution in [1.82, 2.24) is 4.98 Å². The zero-order chi connectivity index (χ0) is 15.4. The molecule has 2 aromatic rings. The smallest absolute Gasteiger partial charge is 0.373 e. The van der Waals surface area contributed by atoms with Crippen LogP contribution in [0.15, 0.2) is 33.4 Å². The summed E-state index contributed by atoms with van der Waals surface area (Å²) in [5, 5.41) is 13.8. The van der Waals surface area contributed by atoms with Gasteiger partial charge >= 0.3 is 11.7 Å². The lowest BCUT2D eigenvalue weighted by Gasteiger charge is -2.07. The molecule has 0 radical (unpaired) electrons. The molecule has 0 fully saturated rings. The third-order valence-corrected chi connectivity index (χ3v) is 3.17. The number of nitro groups is 1. The third kappa shape index (κ3) is 3.37. The first-order chi connectivity index (χ1) is 10.0. The molecule has 0 saturated carbocycles. The zero-order valence-electron chi connectivity index (χ0n) is 10.8. The Hall–Kier alpha value is -2.42. The molecule has 0 amide bonds. The van der Waals surface area contributed by atoms with Crippen molar-refractivity contribution in [2.24, 2.45) is 0 Å². The molecule has 0 aliphatic carbocycles. The first kappa shape index (κ1) is 15.0. The summed E-state index contributed by atoms with van der Waals surface area (Å²) in [6, 6.07) is 3.05. The number of rotatable bonds is 5. The van der Waals surface area contributed by atoms with Gasteiger partial charge in [-0.05, 0) is 28.1 Å². The van der Waals surface area contributed by atoms with Crippen LogP contribution in [0.2, 0.25) is 0 Å². The van der Waals surface area contributed by atoms with E-state index in [0.29, 0.717) is 10.2 Å². The summed E-state index contributed by atoms with van der Waals surface area (Å²) in [5.41, 5.74) is 0.121. The van der Waals surface area contributed by atoms with Crippen LogP contribution in [-0.4, -0.2) is 23.0 Å². The SMILES string of the molecule is COC(=O)c1ccc(CNc2c(Br)cncc2[N+](=O)[O-])o1. The van der Waals surface area contributed by atoms with Crippen molar-refractivity contribution in [3.05, 3.63) is 50.6 Å². The average Bonchev–Trinajstić information content (AvgIpc) is 2.93. The van der Waals surface area contributed by atoms with Crippen LogP contribution in [0.4, 0.5) is 11.4 Å². The van der Waals surface area contributed by atoms with Gasteiger partial charge in [0.15, 0.2) is 0 Å². The van der Waals surface area contributed by atoms with E-state index in [2.05, 4.69) is 31.0 Å². The molecule has 110 valence electrons. The fraction of sp³-hybridized carbons (Fsp3) is 0.167. The molecule has 1 N–H and O–H groups in total. The van der Waals surface area contributed by atoms with Gasteiger partial charge in [-0.1, -0.05) is 0 Å². The van der Waals surface area contributed by atoms with Crippen molar-refractivity contribution in [3.8, 4) is 0 Å². The molecule has 0 unspecified atom stereocenters. The summed E-state index contributed by atoms with van der Waals surface area (Å²) in [4.78, 5) is 25.4. The van der Waals surface area contributed by atoms with Gasteiger partial charge in [-0.3, -0.25) is 15.1 Å². The fourth-order valence-corrected chi connectivity index (χ4v) is 2.06. The average molecular weight is 356 g/mol. The predicted molar refractivity (Wildman–Crippen MR) is 76.0 cm³/mol. The van der Waals surface area contributed by atoms with E-state index in [9.17, 15) is 14.9 Å². The van der Waals surface area contributed by atoms with E-state index in [-0.39, 0.29) is 23.7 Å². The van der Waals surface area contributed by atoms with Crippen LogP contribution in [0, 0.1) is 10.1 Å². The lowest BCUT2D eigenvalue weighted by Crippen LogP contribution is -2.03. The number of hydrogen-bond donors (Lipinski definition) is 1. The first-order valence-corrected chi connectivity index (χ1v) is 6.51. The number of carbonyl (C=O) groups excluding carboxylic acids is 1. The van der Waals surface area contributed by atoms with E-state index in [1.54, 1.807) is 6.07 Å². The number of nitrogens with one attached hydrogen (secondary N) is 1. The molecule has 8 nitrogen and oxygen atoms in total. The minimum absolute atomic E-state index is 0.0672. The topological polar surface area (TPSA) is 108 Å². The quantitative estimate of drug-likeness (QED) is 0.499. The van der Waals surface area contributed by atoms with Crippen LogP contribution < -0.4 is 5.32 Å². The number of anilines is 1. The van der Waals surface area contributed by atoms with E-state index in [1.165, 1.54) is 19.4 Å². The minimum atomic E-state index is -0.586. The molecule has 0 aliphatic rings. The summed E-state index contributed by atoms with van der Waals surface area (Å²) in [7, 11) is 1.25. The summed E-state index contributed by atoms with van der Waals surface area (Å²) < 4.78 is 10.2. The maximum atomic E-state index is 11.3. The van der Waals surface area contributed by atoms with Gasteiger partial charge in [0.05, 0.1) is 23.1 Å². The molecular formula is C12H10BrN3O5. The number of ether oxygens (including phenoxy) is 1. The highest BCUT2D eigenvalue weighted by atomic mass is 79.9. The highest BCUT2D eigenvalue weighted by Crippen LogP contribution is 2.31. The van der Waals surface area contributed by atoms with E-state index in [1.807, 2.05) is 0 Å². The molecule has 0 aromatic carbocycles. The molecular weight excluding hydrogens is 346 g/mol. The number of pyridine rings is 1. The van der Waals surface area contributed by atoms with Crippen molar-refractivity contribution in [2.75, 3.05) is 12.4 Å². The van der Waals surface area contributed by atoms with Crippen LogP contribution in [0.1, 0.15) is 16.3 Å². The lowest BCUT2D eigenvalue weighted by atomic mass is 10.3. The standard InChI is InChI=1S/C12H10BrN3O5/c1-20-12(17)10-3-2-7(21-10)4-15-11-8(13)5-14-6-9(11)16(18)19/h2-3,5-6H,4H2,1H3,(H,14,15). The molecule has 2 heterocycles. The highest BCUT2D eigenvalue weighted by Gasteiger charge is 2.18. The van der Waals surface area contributed by atoms with E-state index < -0.39 is 10.9 Å². The molecule has 2 aromatic heterocycles. The van der Waals surface area contributed by atoms with E-state index >= 15 is 0 Å². The van der Waals surface area contributed by atoms with Crippen LogP contribution >= 0.6 is 15.9 Å². The van der Waals surface area contributed by atoms with Crippen molar-refractivity contribution < 1.29 is 18.9 Å². The second kappa shape index (κ2) is 6.35. The Balaban J connectivity index is 2.15. The second-order valence-electron chi connectivity index (χ2n) is 3.88. The molecule has 2 rings (SSSR count). The maximum absolute atomic E-state index is 11.3. The van der Waals surface area contributed by atoms with Gasteiger partial charge < -0.3 is 14.5 Å². The molecule has 21 heavy (non-hydrogen) atoms. The Morgan fingerprint density at radius 2 is 2.29 bits per heavy atom. The van der Waals surface area contributed by atoms with Crippen molar-refractivity contribution >= 4 is 33.3 Å². The second-order valence-corrected chi connectivity index (χ2v) is 4.74. The summed E-state index contributed by atoms with van der Waals surface area (Å²) >= 11 is 3.19. The van der Waals surface area contributed by atoms with Crippen LogP contribution in [0.25, 0.3) is 0 Å². The number of nitrogens with zero attached hydrogens (tertiary/aromatic N) is 2. The molecule has 0 saturated heterocycles. The molecule has 0 spiro atoms. The number of aromatic nitrogens is 1. The number of esters is 1. The van der Waals surface area contributed by atoms with Gasteiger partial charge in [-0.15, -0.1) is 0 Å². The predicted octanol–water partition coefficient (Wildman–Crippen LogP) is 2.74. The summed E-state index contributed by atoms with van der Waals surface area (Å²) in [6.45, 7) is 0.167. The number of halogens is 1. The monoisotopic (exact) mass is 355 g/mol. The maximum Gasteiger partial charge on any atom is 0.373 e. The van der Waals surface area contributed by atoms with Crippen molar-refractivity contribution in [3.63, 3.8) is 0 Å². The normalized spacial score (nSPS) is 10.2. The molecule has 9 heteroatoms. The third-order valence-electron chi connectivity index (χ3n) is 2.56. The van der Waals surface area contributed by atoms with Gasteiger partial charge in [-0.25, -0.2) is 4.79 Å².